The average Bonchev–Trinajstić information content (AvgIpc) is 2.26. The number of hydrogen-bond donors (Lipinski definition) is 0. The van der Waals surface area contributed by atoms with Gasteiger partial charge in [0.2, 0.25) is 0 Å². The first-order valence-corrected chi connectivity index (χ1v) is 6.32. The number of para-hydroxylation sites is 1. The van der Waals surface area contributed by atoms with Crippen LogP contribution in [0.3, 0.4) is 0 Å². The monoisotopic (exact) mass is 273 g/mol. The highest BCUT2D eigenvalue weighted by atomic mass is 79.9. The molecule has 1 unspecified atom stereocenters. The summed E-state index contributed by atoms with van der Waals surface area (Å²) in [6.07, 6.45) is 1.10. The Morgan fingerprint density at radius 3 is 2.60 bits per heavy atom. The summed E-state index contributed by atoms with van der Waals surface area (Å²) in [5, 5.41) is 0.961. The predicted molar refractivity (Wildman–Crippen MR) is 67.2 cm³/mol. The third kappa shape index (κ3) is 3.49. The average molecular weight is 274 g/mol. The molecule has 0 aliphatic heterocycles. The van der Waals surface area contributed by atoms with Crippen molar-refractivity contribution in [1.29, 1.82) is 0 Å². The zero-order chi connectivity index (χ0) is 11.3. The van der Waals surface area contributed by atoms with Gasteiger partial charge < -0.3 is 4.90 Å². The van der Waals surface area contributed by atoms with E-state index < -0.39 is 0 Å². The molecule has 84 valence electrons. The van der Waals surface area contributed by atoms with Gasteiger partial charge in [-0.25, -0.2) is 4.39 Å². The third-order valence-corrected chi connectivity index (χ3v) is 3.51. The summed E-state index contributed by atoms with van der Waals surface area (Å²) in [7, 11) is 1.93. The molecule has 0 spiro atoms. The van der Waals surface area contributed by atoms with Crippen molar-refractivity contribution in [1.82, 2.24) is 0 Å². The lowest BCUT2D eigenvalue weighted by Gasteiger charge is -2.24. The van der Waals surface area contributed by atoms with E-state index in [1.165, 1.54) is 6.07 Å². The van der Waals surface area contributed by atoms with Crippen LogP contribution in [0.2, 0.25) is 0 Å². The molecule has 0 N–H and O–H groups in total. The van der Waals surface area contributed by atoms with Gasteiger partial charge in [0.15, 0.2) is 0 Å². The maximum absolute atomic E-state index is 13.4. The van der Waals surface area contributed by atoms with Crippen LogP contribution in [-0.2, 0) is 0 Å². The Labute approximate surface area is 99.4 Å². The van der Waals surface area contributed by atoms with Crippen LogP contribution >= 0.6 is 15.9 Å². The molecule has 0 aromatic heterocycles. The molecule has 0 saturated heterocycles. The number of nitrogens with zero attached hydrogens (tertiary/aromatic N) is 1. The molecule has 0 fully saturated rings. The summed E-state index contributed by atoms with van der Waals surface area (Å²) in [6.45, 7) is 3.03. The van der Waals surface area contributed by atoms with Gasteiger partial charge in [-0.1, -0.05) is 41.4 Å². The van der Waals surface area contributed by atoms with Crippen LogP contribution in [0.4, 0.5) is 10.1 Å². The van der Waals surface area contributed by atoms with Crippen LogP contribution < -0.4 is 4.90 Å². The Kier molecular flexibility index (Phi) is 5.09. The molecule has 0 saturated carbocycles. The lowest BCUT2D eigenvalue weighted by atomic mass is 10.1. The molecular formula is C12H17BrFN. The van der Waals surface area contributed by atoms with E-state index in [0.717, 1.165) is 18.3 Å². The van der Waals surface area contributed by atoms with E-state index in [2.05, 4.69) is 22.9 Å². The molecule has 0 bridgehead atoms. The van der Waals surface area contributed by atoms with Gasteiger partial charge in [-0.3, -0.25) is 0 Å². The lowest BCUT2D eigenvalue weighted by molar-refractivity contribution is 0.560. The number of hydrogen-bond acceptors (Lipinski definition) is 1. The zero-order valence-corrected chi connectivity index (χ0v) is 10.8. The number of alkyl halides is 1. The van der Waals surface area contributed by atoms with Crippen LogP contribution in [0.1, 0.15) is 13.3 Å². The maximum Gasteiger partial charge on any atom is 0.146 e. The number of rotatable bonds is 5. The Hall–Kier alpha value is -0.570. The molecule has 1 atom stereocenters. The van der Waals surface area contributed by atoms with Crippen molar-refractivity contribution < 1.29 is 4.39 Å². The molecular weight excluding hydrogens is 257 g/mol. The Balaban J connectivity index is 2.68. The maximum atomic E-state index is 13.4. The van der Waals surface area contributed by atoms with Gasteiger partial charge >= 0.3 is 0 Å². The van der Waals surface area contributed by atoms with E-state index in [-0.39, 0.29) is 5.82 Å². The molecule has 0 radical (unpaired) electrons. The summed E-state index contributed by atoms with van der Waals surface area (Å²) in [5.74, 6) is 0.416. The Bertz CT molecular complexity index is 299. The molecule has 0 aliphatic rings. The predicted octanol–water partition coefficient (Wildman–Crippen LogP) is 3.68. The van der Waals surface area contributed by atoms with E-state index in [4.69, 9.17) is 0 Å². The molecule has 1 nitrogen and oxygen atoms in total. The minimum atomic E-state index is -0.149. The number of halogens is 2. The summed E-state index contributed by atoms with van der Waals surface area (Å²) >= 11 is 3.48. The highest BCUT2D eigenvalue weighted by molar-refractivity contribution is 9.09. The van der Waals surface area contributed by atoms with Crippen LogP contribution in [0.25, 0.3) is 0 Å². The molecule has 0 heterocycles. The van der Waals surface area contributed by atoms with Gasteiger partial charge in [0.05, 0.1) is 5.69 Å². The van der Waals surface area contributed by atoms with E-state index in [9.17, 15) is 4.39 Å². The van der Waals surface area contributed by atoms with Crippen LogP contribution in [0, 0.1) is 11.7 Å². The summed E-state index contributed by atoms with van der Waals surface area (Å²) in [4.78, 5) is 1.98. The molecule has 1 aromatic carbocycles. The lowest BCUT2D eigenvalue weighted by Crippen LogP contribution is -2.26. The SMILES string of the molecule is CCC(CBr)CN(C)c1ccccc1F. The normalized spacial score (nSPS) is 12.5. The van der Waals surface area contributed by atoms with Gasteiger partial charge in [-0.05, 0) is 18.1 Å². The van der Waals surface area contributed by atoms with Crippen molar-refractivity contribution in [3.05, 3.63) is 30.1 Å². The second-order valence-electron chi connectivity index (χ2n) is 3.76. The number of benzene rings is 1. The molecule has 3 heteroatoms. The zero-order valence-electron chi connectivity index (χ0n) is 9.21. The summed E-state index contributed by atoms with van der Waals surface area (Å²) < 4.78 is 13.4. The van der Waals surface area contributed by atoms with Crippen LogP contribution in [0.15, 0.2) is 24.3 Å². The smallest absolute Gasteiger partial charge is 0.146 e. The minimum absolute atomic E-state index is 0.149. The second kappa shape index (κ2) is 6.11. The molecule has 15 heavy (non-hydrogen) atoms. The highest BCUT2D eigenvalue weighted by Crippen LogP contribution is 2.19. The summed E-state index contributed by atoms with van der Waals surface area (Å²) in [6, 6.07) is 6.90. The topological polar surface area (TPSA) is 3.24 Å². The van der Waals surface area contributed by atoms with Crippen molar-refractivity contribution >= 4 is 21.6 Å². The van der Waals surface area contributed by atoms with Crippen LogP contribution in [0.5, 0.6) is 0 Å². The first kappa shape index (κ1) is 12.5. The largest absolute Gasteiger partial charge is 0.372 e. The Morgan fingerprint density at radius 2 is 2.07 bits per heavy atom. The molecule has 1 aromatic rings. The fraction of sp³-hybridized carbons (Fsp3) is 0.500. The van der Waals surface area contributed by atoms with Crippen molar-refractivity contribution in [3.63, 3.8) is 0 Å². The van der Waals surface area contributed by atoms with Crippen molar-refractivity contribution in [2.75, 3.05) is 23.8 Å². The van der Waals surface area contributed by atoms with E-state index in [1.807, 2.05) is 24.1 Å². The van der Waals surface area contributed by atoms with Crippen molar-refractivity contribution in [2.45, 2.75) is 13.3 Å². The standard InChI is InChI=1S/C12H17BrFN/c1-3-10(8-13)9-15(2)12-7-5-4-6-11(12)14/h4-7,10H,3,8-9H2,1-2H3. The Morgan fingerprint density at radius 1 is 1.40 bits per heavy atom. The molecule has 0 amide bonds. The van der Waals surface area contributed by atoms with Gasteiger partial charge in [-0.2, -0.15) is 0 Å². The van der Waals surface area contributed by atoms with E-state index in [0.29, 0.717) is 11.6 Å². The van der Waals surface area contributed by atoms with Gasteiger partial charge in [0.25, 0.3) is 0 Å². The summed E-state index contributed by atoms with van der Waals surface area (Å²) in [5.41, 5.74) is 0.678. The van der Waals surface area contributed by atoms with Gasteiger partial charge in [0.1, 0.15) is 5.82 Å². The quantitative estimate of drug-likeness (QED) is 0.740. The second-order valence-corrected chi connectivity index (χ2v) is 4.41. The fourth-order valence-electron chi connectivity index (χ4n) is 1.53. The minimum Gasteiger partial charge on any atom is -0.372 e. The van der Waals surface area contributed by atoms with E-state index in [1.54, 1.807) is 6.07 Å². The fourth-order valence-corrected chi connectivity index (χ4v) is 2.20. The van der Waals surface area contributed by atoms with Gasteiger partial charge in [0, 0.05) is 18.9 Å². The molecule has 1 rings (SSSR count). The van der Waals surface area contributed by atoms with Crippen molar-refractivity contribution in [3.8, 4) is 0 Å². The first-order valence-electron chi connectivity index (χ1n) is 5.20. The van der Waals surface area contributed by atoms with E-state index >= 15 is 0 Å². The molecule has 0 aliphatic carbocycles. The first-order chi connectivity index (χ1) is 7.19. The highest BCUT2D eigenvalue weighted by Gasteiger charge is 2.11. The van der Waals surface area contributed by atoms with Crippen LogP contribution in [-0.4, -0.2) is 18.9 Å². The third-order valence-electron chi connectivity index (χ3n) is 2.59. The van der Waals surface area contributed by atoms with Crippen molar-refractivity contribution in [2.24, 2.45) is 5.92 Å². The number of anilines is 1. The van der Waals surface area contributed by atoms with Gasteiger partial charge in [-0.15, -0.1) is 0 Å².